The third-order valence-electron chi connectivity index (χ3n) is 4.03. The van der Waals surface area contributed by atoms with Crippen molar-refractivity contribution in [1.29, 1.82) is 0 Å². The number of carbonyl (C=O) groups excluding carboxylic acids is 1. The minimum absolute atomic E-state index is 0.273. The van der Waals surface area contributed by atoms with Gasteiger partial charge in [0.15, 0.2) is 0 Å². The lowest BCUT2D eigenvalue weighted by molar-refractivity contribution is -0.110. The second kappa shape index (κ2) is 5.05. The molecule has 0 fully saturated rings. The fraction of sp³-hybridized carbons (Fsp3) is 0.111. The molecule has 2 aromatic rings. The van der Waals surface area contributed by atoms with Gasteiger partial charge >= 0.3 is 0 Å². The summed E-state index contributed by atoms with van der Waals surface area (Å²) in [5.74, 6) is -0.158. The molecule has 5 heteroatoms. The number of aliphatic imine (C=N–C) groups is 1. The summed E-state index contributed by atoms with van der Waals surface area (Å²) in [5.41, 5.74) is 4.41. The lowest BCUT2D eigenvalue weighted by Crippen LogP contribution is -2.05. The van der Waals surface area contributed by atoms with Crippen LogP contribution in [0, 0.1) is 5.82 Å². The van der Waals surface area contributed by atoms with Crippen molar-refractivity contribution >= 4 is 29.6 Å². The van der Waals surface area contributed by atoms with Gasteiger partial charge in [-0.1, -0.05) is 12.1 Å². The van der Waals surface area contributed by atoms with E-state index in [-0.39, 0.29) is 11.7 Å². The predicted octanol–water partition coefficient (Wildman–Crippen LogP) is 3.38. The van der Waals surface area contributed by atoms with E-state index in [1.54, 1.807) is 6.07 Å². The highest BCUT2D eigenvalue weighted by atomic mass is 19.1. The highest BCUT2D eigenvalue weighted by Gasteiger charge is 2.32. The molecule has 0 saturated carbocycles. The summed E-state index contributed by atoms with van der Waals surface area (Å²) in [6.07, 6.45) is 0. The molecule has 0 spiro atoms. The second-order valence-electron chi connectivity index (χ2n) is 5.51. The van der Waals surface area contributed by atoms with E-state index < -0.39 is 0 Å². The summed E-state index contributed by atoms with van der Waals surface area (Å²) in [5, 5.41) is 2.75. The number of hydrogen-bond donors (Lipinski definition) is 1. The minimum atomic E-state index is -0.385. The number of rotatable bonds is 2. The number of anilines is 1. The number of halogens is 1. The maximum atomic E-state index is 13.6. The molecule has 2 heterocycles. The Morgan fingerprint density at radius 3 is 2.91 bits per heavy atom. The zero-order valence-corrected chi connectivity index (χ0v) is 12.2. The quantitative estimate of drug-likeness (QED) is 0.683. The SMILES string of the molecule is C=NCc1ccc2c(c1)COC2=C1C(=O)Nc2ccc(F)cc21. The summed E-state index contributed by atoms with van der Waals surface area (Å²) >= 11 is 0. The van der Waals surface area contributed by atoms with E-state index in [4.69, 9.17) is 4.74 Å². The van der Waals surface area contributed by atoms with Gasteiger partial charge in [-0.05, 0) is 36.5 Å². The van der Waals surface area contributed by atoms with Gasteiger partial charge in [0, 0.05) is 22.4 Å². The first kappa shape index (κ1) is 13.7. The highest BCUT2D eigenvalue weighted by molar-refractivity contribution is 6.36. The van der Waals surface area contributed by atoms with E-state index in [2.05, 4.69) is 17.0 Å². The van der Waals surface area contributed by atoms with Crippen LogP contribution in [0.4, 0.5) is 10.1 Å². The van der Waals surface area contributed by atoms with Crippen molar-refractivity contribution in [3.8, 4) is 0 Å². The number of nitrogens with zero attached hydrogens (tertiary/aromatic N) is 1. The van der Waals surface area contributed by atoms with Crippen LogP contribution in [-0.2, 0) is 22.7 Å². The summed E-state index contributed by atoms with van der Waals surface area (Å²) in [6.45, 7) is 4.41. The first-order valence-corrected chi connectivity index (χ1v) is 7.20. The van der Waals surface area contributed by atoms with Gasteiger partial charge < -0.3 is 10.1 Å². The maximum Gasteiger partial charge on any atom is 0.260 e. The van der Waals surface area contributed by atoms with Gasteiger partial charge in [-0.2, -0.15) is 0 Å². The van der Waals surface area contributed by atoms with E-state index in [1.165, 1.54) is 12.1 Å². The fourth-order valence-electron chi connectivity index (χ4n) is 3.01. The smallest absolute Gasteiger partial charge is 0.260 e. The number of benzene rings is 2. The van der Waals surface area contributed by atoms with Gasteiger partial charge in [0.2, 0.25) is 0 Å². The van der Waals surface area contributed by atoms with Crippen molar-refractivity contribution in [2.75, 3.05) is 5.32 Å². The van der Waals surface area contributed by atoms with E-state index in [0.717, 1.165) is 16.7 Å². The number of carbonyl (C=O) groups is 1. The van der Waals surface area contributed by atoms with Crippen LogP contribution < -0.4 is 5.32 Å². The molecule has 1 amide bonds. The molecule has 114 valence electrons. The number of ether oxygens (including phenoxy) is 1. The Kier molecular flexibility index (Phi) is 3.01. The summed E-state index contributed by atoms with van der Waals surface area (Å²) in [6, 6.07) is 10.1. The van der Waals surface area contributed by atoms with Gasteiger partial charge in [-0.25, -0.2) is 4.39 Å². The Bertz CT molecular complexity index is 887. The van der Waals surface area contributed by atoms with Crippen LogP contribution in [0.3, 0.4) is 0 Å². The van der Waals surface area contributed by atoms with Crippen LogP contribution in [-0.4, -0.2) is 12.6 Å². The van der Waals surface area contributed by atoms with Crippen molar-refractivity contribution in [3.63, 3.8) is 0 Å². The Morgan fingerprint density at radius 1 is 1.22 bits per heavy atom. The minimum Gasteiger partial charge on any atom is -0.487 e. The first-order chi connectivity index (χ1) is 11.2. The molecule has 0 unspecified atom stereocenters. The monoisotopic (exact) mass is 308 g/mol. The summed E-state index contributed by atoms with van der Waals surface area (Å²) in [4.78, 5) is 16.2. The molecule has 2 aromatic carbocycles. The van der Waals surface area contributed by atoms with Gasteiger partial charge in [0.25, 0.3) is 5.91 Å². The van der Waals surface area contributed by atoms with E-state index in [1.807, 2.05) is 18.2 Å². The van der Waals surface area contributed by atoms with Crippen LogP contribution in [0.15, 0.2) is 41.4 Å². The van der Waals surface area contributed by atoms with E-state index >= 15 is 0 Å². The molecule has 2 aliphatic heterocycles. The molecule has 0 saturated heterocycles. The molecule has 4 rings (SSSR count). The lowest BCUT2D eigenvalue weighted by Gasteiger charge is -2.05. The molecule has 0 aromatic heterocycles. The Balaban J connectivity index is 1.87. The fourth-order valence-corrected chi connectivity index (χ4v) is 3.01. The van der Waals surface area contributed by atoms with Crippen molar-refractivity contribution < 1.29 is 13.9 Å². The molecule has 0 aliphatic carbocycles. The number of fused-ring (bicyclic) bond motifs is 2. The summed E-state index contributed by atoms with van der Waals surface area (Å²) in [7, 11) is 0. The van der Waals surface area contributed by atoms with E-state index in [9.17, 15) is 9.18 Å². The zero-order valence-electron chi connectivity index (χ0n) is 12.2. The van der Waals surface area contributed by atoms with Crippen LogP contribution in [0.1, 0.15) is 22.3 Å². The second-order valence-corrected chi connectivity index (χ2v) is 5.51. The van der Waals surface area contributed by atoms with Crippen LogP contribution in [0.5, 0.6) is 0 Å². The predicted molar refractivity (Wildman–Crippen MR) is 86.3 cm³/mol. The number of hydrogen-bond acceptors (Lipinski definition) is 3. The molecule has 2 aliphatic rings. The molecule has 1 N–H and O–H groups in total. The average molecular weight is 308 g/mol. The van der Waals surface area contributed by atoms with Gasteiger partial charge in [0.05, 0.1) is 12.1 Å². The lowest BCUT2D eigenvalue weighted by atomic mass is 9.99. The van der Waals surface area contributed by atoms with Gasteiger partial charge in [-0.15, -0.1) is 0 Å². The maximum absolute atomic E-state index is 13.6. The topological polar surface area (TPSA) is 50.7 Å². The molecule has 0 radical (unpaired) electrons. The summed E-state index contributed by atoms with van der Waals surface area (Å²) < 4.78 is 19.3. The van der Waals surface area contributed by atoms with Crippen LogP contribution in [0.25, 0.3) is 11.3 Å². The number of nitrogens with one attached hydrogen (secondary N) is 1. The number of amides is 1. The van der Waals surface area contributed by atoms with Gasteiger partial charge in [0.1, 0.15) is 18.2 Å². The average Bonchev–Trinajstić information content (AvgIpc) is 3.07. The largest absolute Gasteiger partial charge is 0.487 e. The Labute approximate surface area is 132 Å². The van der Waals surface area contributed by atoms with Crippen molar-refractivity contribution in [1.82, 2.24) is 0 Å². The molecule has 0 bridgehead atoms. The first-order valence-electron chi connectivity index (χ1n) is 7.20. The zero-order chi connectivity index (χ0) is 16.0. The molecule has 0 atom stereocenters. The Hall–Kier alpha value is -2.95. The standard InChI is InChI=1S/C18H13FN2O2/c1-20-8-10-2-4-13-11(6-10)9-23-17(13)16-14-7-12(19)3-5-15(14)21-18(16)22/h2-7H,1,8-9H2,(H,21,22). The van der Waals surface area contributed by atoms with Gasteiger partial charge in [-0.3, -0.25) is 9.79 Å². The van der Waals surface area contributed by atoms with Crippen molar-refractivity contribution in [3.05, 3.63) is 64.5 Å². The normalized spacial score (nSPS) is 18.2. The molecule has 4 nitrogen and oxygen atoms in total. The molecular weight excluding hydrogens is 295 g/mol. The molecular formula is C18H13FN2O2. The Morgan fingerprint density at radius 2 is 2.09 bits per heavy atom. The van der Waals surface area contributed by atoms with Crippen molar-refractivity contribution in [2.24, 2.45) is 4.99 Å². The molecule has 23 heavy (non-hydrogen) atoms. The van der Waals surface area contributed by atoms with E-state index in [0.29, 0.717) is 35.7 Å². The third kappa shape index (κ3) is 2.12. The van der Waals surface area contributed by atoms with Crippen LogP contribution in [0.2, 0.25) is 0 Å². The highest BCUT2D eigenvalue weighted by Crippen LogP contribution is 2.41. The third-order valence-corrected chi connectivity index (χ3v) is 4.03. The van der Waals surface area contributed by atoms with Crippen molar-refractivity contribution in [2.45, 2.75) is 13.2 Å². The van der Waals surface area contributed by atoms with Crippen LogP contribution >= 0.6 is 0 Å².